The average molecular weight is 317 g/mol. The lowest BCUT2D eigenvalue weighted by Gasteiger charge is -2.10. The molecule has 0 fully saturated rings. The first-order valence-electron chi connectivity index (χ1n) is 6.67. The number of hydrogen-bond donors (Lipinski definition) is 0. The maximum atomic E-state index is 12.6. The molecule has 0 amide bonds. The van der Waals surface area contributed by atoms with Gasteiger partial charge in [0.25, 0.3) is 16.9 Å². The number of pyridine rings is 1. The number of fused-ring (bicyclic) bond motifs is 3. The molecule has 1 aromatic carbocycles. The first kappa shape index (κ1) is 14.6. The summed E-state index contributed by atoms with van der Waals surface area (Å²) in [6.45, 7) is 1.86. The highest BCUT2D eigenvalue weighted by molar-refractivity contribution is 6.08. The fourth-order valence-corrected chi connectivity index (χ4v) is 2.76. The molecular weight excluding hydrogens is 306 g/mol. The molecule has 0 bridgehead atoms. The second-order valence-corrected chi connectivity index (χ2v) is 4.96. The Morgan fingerprint density at radius 3 is 2.39 bits per heavy atom. The number of nitrogens with zero attached hydrogens (tertiary/aromatic N) is 5. The van der Waals surface area contributed by atoms with Gasteiger partial charge in [-0.15, -0.1) is 0 Å². The second-order valence-electron chi connectivity index (χ2n) is 4.96. The van der Waals surface area contributed by atoms with Gasteiger partial charge in [-0.3, -0.25) is 29.7 Å². The summed E-state index contributed by atoms with van der Waals surface area (Å²) in [7, 11) is 1.57. The molecule has 3 rings (SSSR count). The molecule has 0 saturated carbocycles. The van der Waals surface area contributed by atoms with E-state index in [0.717, 1.165) is 6.07 Å². The number of aromatic nitrogens is 3. The van der Waals surface area contributed by atoms with Crippen molar-refractivity contribution in [3.63, 3.8) is 0 Å². The van der Waals surface area contributed by atoms with Gasteiger partial charge in [0, 0.05) is 30.4 Å². The predicted molar refractivity (Wildman–Crippen MR) is 81.5 cm³/mol. The van der Waals surface area contributed by atoms with Gasteiger partial charge in [0.2, 0.25) is 0 Å². The van der Waals surface area contributed by atoms with E-state index in [-0.39, 0.29) is 23.0 Å². The Balaban J connectivity index is 2.70. The SMILES string of the molecule is CCn1c(=O)c2c(cnn2C)c2cc([N+](=O)[O-])cc([N+](=O)[O-])c21. The summed E-state index contributed by atoms with van der Waals surface area (Å²) < 4.78 is 2.59. The van der Waals surface area contributed by atoms with Gasteiger partial charge in [0.15, 0.2) is 0 Å². The van der Waals surface area contributed by atoms with Crippen molar-refractivity contribution in [1.82, 2.24) is 14.3 Å². The number of non-ortho nitro benzene ring substituents is 2. The van der Waals surface area contributed by atoms with E-state index >= 15 is 0 Å². The highest BCUT2D eigenvalue weighted by Crippen LogP contribution is 2.33. The van der Waals surface area contributed by atoms with Crippen LogP contribution in [0.3, 0.4) is 0 Å². The van der Waals surface area contributed by atoms with Crippen molar-refractivity contribution in [2.75, 3.05) is 0 Å². The zero-order chi connectivity index (χ0) is 16.9. The van der Waals surface area contributed by atoms with Crippen LogP contribution in [0.25, 0.3) is 21.8 Å². The minimum absolute atomic E-state index is 0.0635. The van der Waals surface area contributed by atoms with Crippen LogP contribution in [0.4, 0.5) is 11.4 Å². The fraction of sp³-hybridized carbons (Fsp3) is 0.231. The van der Waals surface area contributed by atoms with Crippen molar-refractivity contribution in [1.29, 1.82) is 0 Å². The maximum Gasteiger partial charge on any atom is 0.300 e. The molecular formula is C13H11N5O5. The summed E-state index contributed by atoms with van der Waals surface area (Å²) in [6, 6.07) is 2.11. The van der Waals surface area contributed by atoms with Crippen molar-refractivity contribution < 1.29 is 9.85 Å². The van der Waals surface area contributed by atoms with E-state index in [1.165, 1.54) is 21.5 Å². The molecule has 0 atom stereocenters. The van der Waals surface area contributed by atoms with Crippen molar-refractivity contribution in [3.8, 4) is 0 Å². The normalized spacial score (nSPS) is 11.2. The van der Waals surface area contributed by atoms with Gasteiger partial charge in [-0.2, -0.15) is 5.10 Å². The zero-order valence-corrected chi connectivity index (χ0v) is 12.2. The first-order valence-corrected chi connectivity index (χ1v) is 6.67. The van der Waals surface area contributed by atoms with Gasteiger partial charge in [0.05, 0.1) is 22.1 Å². The molecule has 2 heterocycles. The molecule has 0 spiro atoms. The second kappa shape index (κ2) is 4.87. The fourth-order valence-electron chi connectivity index (χ4n) is 2.76. The minimum atomic E-state index is -0.719. The van der Waals surface area contributed by atoms with Gasteiger partial charge < -0.3 is 4.57 Å². The molecule has 0 radical (unpaired) electrons. The van der Waals surface area contributed by atoms with Crippen molar-refractivity contribution >= 4 is 33.2 Å². The van der Waals surface area contributed by atoms with Crippen molar-refractivity contribution in [2.24, 2.45) is 7.05 Å². The standard InChI is InChI=1S/C13H11N5O5/c1-3-16-11-8(9-6-14-15(2)12(9)13(16)19)4-7(17(20)21)5-10(11)18(22)23/h4-6H,3H2,1-2H3. The molecule has 0 aliphatic carbocycles. The summed E-state index contributed by atoms with van der Waals surface area (Å²) in [5.74, 6) is 0. The molecule has 23 heavy (non-hydrogen) atoms. The van der Waals surface area contributed by atoms with E-state index in [2.05, 4.69) is 5.10 Å². The topological polar surface area (TPSA) is 126 Å². The van der Waals surface area contributed by atoms with Gasteiger partial charge >= 0.3 is 0 Å². The van der Waals surface area contributed by atoms with E-state index in [1.54, 1.807) is 14.0 Å². The number of aryl methyl sites for hydroxylation is 2. The monoisotopic (exact) mass is 317 g/mol. The first-order chi connectivity index (χ1) is 10.9. The molecule has 3 aromatic rings. The van der Waals surface area contributed by atoms with Gasteiger partial charge in [-0.25, -0.2) is 0 Å². The Hall–Kier alpha value is -3.30. The van der Waals surface area contributed by atoms with Crippen LogP contribution in [-0.4, -0.2) is 24.2 Å². The highest BCUT2D eigenvalue weighted by Gasteiger charge is 2.25. The van der Waals surface area contributed by atoms with E-state index < -0.39 is 26.8 Å². The van der Waals surface area contributed by atoms with Crippen molar-refractivity contribution in [3.05, 3.63) is 48.9 Å². The third kappa shape index (κ3) is 1.95. The zero-order valence-electron chi connectivity index (χ0n) is 12.2. The smallest absolute Gasteiger partial charge is 0.300 e. The predicted octanol–water partition coefficient (Wildman–Crippen LogP) is 1.72. The van der Waals surface area contributed by atoms with E-state index in [9.17, 15) is 25.0 Å². The lowest BCUT2D eigenvalue weighted by Crippen LogP contribution is -2.22. The molecule has 0 aliphatic heterocycles. The van der Waals surface area contributed by atoms with Crippen molar-refractivity contribution in [2.45, 2.75) is 13.5 Å². The molecule has 0 aliphatic rings. The minimum Gasteiger partial charge on any atom is -0.301 e. The number of nitro groups is 2. The Labute approximate surface area is 127 Å². The third-order valence-electron chi connectivity index (χ3n) is 3.74. The number of benzene rings is 1. The van der Waals surface area contributed by atoms with Crippen LogP contribution in [0, 0.1) is 20.2 Å². The number of nitro benzene ring substituents is 2. The Morgan fingerprint density at radius 1 is 1.13 bits per heavy atom. The number of hydrogen-bond acceptors (Lipinski definition) is 6. The van der Waals surface area contributed by atoms with Crippen LogP contribution in [0.1, 0.15) is 6.92 Å². The van der Waals surface area contributed by atoms with Gasteiger partial charge in [0.1, 0.15) is 11.0 Å². The molecule has 2 aromatic heterocycles. The third-order valence-corrected chi connectivity index (χ3v) is 3.74. The molecule has 0 unspecified atom stereocenters. The summed E-state index contributed by atoms with van der Waals surface area (Å²) in [4.78, 5) is 33.6. The van der Waals surface area contributed by atoms with E-state index in [4.69, 9.17) is 0 Å². The van der Waals surface area contributed by atoms with Gasteiger partial charge in [-0.05, 0) is 6.92 Å². The Morgan fingerprint density at radius 2 is 1.83 bits per heavy atom. The Kier molecular flexibility index (Phi) is 3.09. The summed E-state index contributed by atoms with van der Waals surface area (Å²) in [5, 5.41) is 27.0. The number of rotatable bonds is 3. The van der Waals surface area contributed by atoms with Gasteiger partial charge in [-0.1, -0.05) is 0 Å². The average Bonchev–Trinajstić information content (AvgIpc) is 2.89. The lowest BCUT2D eigenvalue weighted by atomic mass is 10.1. The molecule has 0 saturated heterocycles. The van der Waals surface area contributed by atoms with E-state index in [0.29, 0.717) is 5.39 Å². The van der Waals surface area contributed by atoms with E-state index in [1.807, 2.05) is 0 Å². The van der Waals surface area contributed by atoms with Crippen LogP contribution in [0.5, 0.6) is 0 Å². The molecule has 10 heteroatoms. The van der Waals surface area contributed by atoms with Crippen LogP contribution in [0.15, 0.2) is 23.1 Å². The summed E-state index contributed by atoms with van der Waals surface area (Å²) in [6.07, 6.45) is 1.38. The lowest BCUT2D eigenvalue weighted by molar-refractivity contribution is -0.393. The molecule has 0 N–H and O–H groups in total. The van der Waals surface area contributed by atoms with Crippen LogP contribution >= 0.6 is 0 Å². The molecule has 10 nitrogen and oxygen atoms in total. The highest BCUT2D eigenvalue weighted by atomic mass is 16.6. The molecule has 118 valence electrons. The quantitative estimate of drug-likeness (QED) is 0.534. The summed E-state index contributed by atoms with van der Waals surface area (Å²) >= 11 is 0. The van der Waals surface area contributed by atoms with Crippen LogP contribution in [-0.2, 0) is 13.6 Å². The Bertz CT molecular complexity index is 1050. The largest absolute Gasteiger partial charge is 0.301 e. The van der Waals surface area contributed by atoms with Crippen LogP contribution in [0.2, 0.25) is 0 Å². The van der Waals surface area contributed by atoms with Crippen LogP contribution < -0.4 is 5.56 Å². The maximum absolute atomic E-state index is 12.6. The summed E-state index contributed by atoms with van der Waals surface area (Å²) in [5.41, 5.74) is -0.996.